The summed E-state index contributed by atoms with van der Waals surface area (Å²) in [6.07, 6.45) is 0.729. The molecule has 3 atom stereocenters. The monoisotopic (exact) mass is 311 g/mol. The number of hydrogen-bond acceptors (Lipinski definition) is 2. The molecule has 0 heterocycles. The molecule has 0 aromatic heterocycles. The van der Waals surface area contributed by atoms with Gasteiger partial charge in [0, 0.05) is 5.92 Å². The van der Waals surface area contributed by atoms with Crippen molar-refractivity contribution in [3.05, 3.63) is 35.4 Å². The van der Waals surface area contributed by atoms with E-state index in [0.717, 1.165) is 18.2 Å². The van der Waals surface area contributed by atoms with Gasteiger partial charge in [-0.1, -0.05) is 13.8 Å². The van der Waals surface area contributed by atoms with Crippen LogP contribution in [0.2, 0.25) is 0 Å². The highest BCUT2D eigenvalue weighted by molar-refractivity contribution is 5.87. The van der Waals surface area contributed by atoms with Crippen LogP contribution in [0.1, 0.15) is 38.2 Å². The average Bonchev–Trinajstić information content (AvgIpc) is 3.20. The molecule has 2 unspecified atom stereocenters. The van der Waals surface area contributed by atoms with Gasteiger partial charge in [0.15, 0.2) is 0 Å². The Hall–Kier alpha value is -1.98. The average molecular weight is 311 g/mol. The summed E-state index contributed by atoms with van der Waals surface area (Å²) in [4.78, 5) is 23.2. The molecular weight excluding hydrogens is 292 g/mol. The van der Waals surface area contributed by atoms with Crippen molar-refractivity contribution in [3.8, 4) is 0 Å². The Morgan fingerprint density at radius 2 is 2.05 bits per heavy atom. The van der Waals surface area contributed by atoms with Gasteiger partial charge in [-0.05, 0) is 48.4 Å². The van der Waals surface area contributed by atoms with Crippen LogP contribution < -0.4 is 5.32 Å². The van der Waals surface area contributed by atoms with E-state index in [1.807, 2.05) is 13.8 Å². The molecule has 0 bridgehead atoms. The molecule has 1 saturated carbocycles. The van der Waals surface area contributed by atoms with Crippen LogP contribution in [0.5, 0.6) is 0 Å². The van der Waals surface area contributed by atoms with Crippen molar-refractivity contribution in [2.45, 2.75) is 38.6 Å². The van der Waals surface area contributed by atoms with Crippen LogP contribution in [0.25, 0.3) is 0 Å². The highest BCUT2D eigenvalue weighted by Gasteiger charge is 2.46. The third-order valence-electron chi connectivity index (χ3n) is 3.81. The van der Waals surface area contributed by atoms with Gasteiger partial charge in [0.05, 0.1) is 0 Å². The molecular formula is C16H19F2NO3. The van der Waals surface area contributed by atoms with Crippen LogP contribution in [0, 0.1) is 23.5 Å². The maximum atomic E-state index is 13.7. The molecule has 2 N–H and O–H groups in total. The van der Waals surface area contributed by atoms with Gasteiger partial charge in [0.2, 0.25) is 5.91 Å². The van der Waals surface area contributed by atoms with E-state index in [1.54, 1.807) is 0 Å². The number of hydrogen-bond donors (Lipinski definition) is 2. The number of amides is 1. The second kappa shape index (κ2) is 6.42. The Labute approximate surface area is 127 Å². The van der Waals surface area contributed by atoms with Gasteiger partial charge in [-0.3, -0.25) is 4.79 Å². The van der Waals surface area contributed by atoms with Crippen LogP contribution in [0.15, 0.2) is 18.2 Å². The van der Waals surface area contributed by atoms with Crippen molar-refractivity contribution in [3.63, 3.8) is 0 Å². The molecule has 6 heteroatoms. The Kier molecular flexibility index (Phi) is 4.78. The van der Waals surface area contributed by atoms with Crippen molar-refractivity contribution >= 4 is 11.9 Å². The van der Waals surface area contributed by atoms with E-state index in [4.69, 9.17) is 5.11 Å². The minimum Gasteiger partial charge on any atom is -0.480 e. The molecule has 120 valence electrons. The molecule has 1 amide bonds. The zero-order chi connectivity index (χ0) is 16.4. The van der Waals surface area contributed by atoms with Gasteiger partial charge in [0.1, 0.15) is 17.7 Å². The SMILES string of the molecule is CC(C)C[C@H](NC(=O)C1CC1c1cc(F)ccc1F)C(=O)O. The zero-order valence-electron chi connectivity index (χ0n) is 12.5. The second-order valence-electron chi connectivity index (χ2n) is 6.14. The minimum atomic E-state index is -1.09. The summed E-state index contributed by atoms with van der Waals surface area (Å²) in [7, 11) is 0. The number of carbonyl (C=O) groups is 2. The maximum Gasteiger partial charge on any atom is 0.326 e. The van der Waals surface area contributed by atoms with Gasteiger partial charge < -0.3 is 10.4 Å². The van der Waals surface area contributed by atoms with E-state index in [1.165, 1.54) is 0 Å². The number of carboxylic acids is 1. The lowest BCUT2D eigenvalue weighted by Gasteiger charge is -2.16. The van der Waals surface area contributed by atoms with E-state index in [-0.39, 0.29) is 17.4 Å². The van der Waals surface area contributed by atoms with Crippen LogP contribution in [-0.2, 0) is 9.59 Å². The summed E-state index contributed by atoms with van der Waals surface area (Å²) in [6.45, 7) is 3.73. The van der Waals surface area contributed by atoms with Crippen LogP contribution in [0.4, 0.5) is 8.78 Å². The van der Waals surface area contributed by atoms with Gasteiger partial charge in [-0.2, -0.15) is 0 Å². The van der Waals surface area contributed by atoms with Gasteiger partial charge >= 0.3 is 5.97 Å². The van der Waals surface area contributed by atoms with Crippen LogP contribution in [0.3, 0.4) is 0 Å². The number of aliphatic carboxylic acids is 1. The molecule has 1 aromatic carbocycles. The fourth-order valence-electron chi connectivity index (χ4n) is 2.60. The van der Waals surface area contributed by atoms with Crippen molar-refractivity contribution in [2.75, 3.05) is 0 Å². The Morgan fingerprint density at radius 3 is 2.64 bits per heavy atom. The lowest BCUT2D eigenvalue weighted by molar-refractivity contribution is -0.142. The molecule has 1 aliphatic carbocycles. The summed E-state index contributed by atoms with van der Waals surface area (Å²) >= 11 is 0. The molecule has 4 nitrogen and oxygen atoms in total. The first-order chi connectivity index (χ1) is 10.3. The topological polar surface area (TPSA) is 66.4 Å². The van der Waals surface area contributed by atoms with E-state index >= 15 is 0 Å². The van der Waals surface area contributed by atoms with E-state index in [2.05, 4.69) is 5.32 Å². The van der Waals surface area contributed by atoms with Gasteiger partial charge in [-0.15, -0.1) is 0 Å². The third kappa shape index (κ3) is 3.81. The zero-order valence-corrected chi connectivity index (χ0v) is 12.5. The molecule has 1 fully saturated rings. The predicted octanol–water partition coefficient (Wildman–Crippen LogP) is 2.68. The summed E-state index contributed by atoms with van der Waals surface area (Å²) in [6, 6.07) is 2.21. The highest BCUT2D eigenvalue weighted by Crippen LogP contribution is 2.48. The number of benzene rings is 1. The first-order valence-electron chi connectivity index (χ1n) is 7.27. The lowest BCUT2D eigenvalue weighted by Crippen LogP contribution is -2.42. The molecule has 22 heavy (non-hydrogen) atoms. The normalized spacial score (nSPS) is 21.5. The van der Waals surface area contributed by atoms with Gasteiger partial charge in [0.25, 0.3) is 0 Å². The molecule has 1 aliphatic rings. The molecule has 0 radical (unpaired) electrons. The van der Waals surface area contributed by atoms with Crippen LogP contribution in [-0.4, -0.2) is 23.0 Å². The Bertz CT molecular complexity index is 589. The molecule has 0 saturated heterocycles. The number of halogens is 2. The Morgan fingerprint density at radius 1 is 1.36 bits per heavy atom. The van der Waals surface area contributed by atoms with E-state index < -0.39 is 35.5 Å². The highest BCUT2D eigenvalue weighted by atomic mass is 19.1. The summed E-state index contributed by atoms with van der Waals surface area (Å²) in [5, 5.41) is 11.6. The summed E-state index contributed by atoms with van der Waals surface area (Å²) in [5.41, 5.74) is 0.177. The number of nitrogens with one attached hydrogen (secondary N) is 1. The molecule has 0 aliphatic heterocycles. The Balaban J connectivity index is 2.00. The van der Waals surface area contributed by atoms with Gasteiger partial charge in [-0.25, -0.2) is 13.6 Å². The fourth-order valence-corrected chi connectivity index (χ4v) is 2.60. The van der Waals surface area contributed by atoms with E-state index in [9.17, 15) is 18.4 Å². The smallest absolute Gasteiger partial charge is 0.326 e. The second-order valence-corrected chi connectivity index (χ2v) is 6.14. The number of carboxylic acid groups (broad SMARTS) is 1. The van der Waals surface area contributed by atoms with Crippen molar-refractivity contribution in [1.82, 2.24) is 5.32 Å². The van der Waals surface area contributed by atoms with E-state index in [0.29, 0.717) is 12.8 Å². The van der Waals surface area contributed by atoms with Crippen molar-refractivity contribution in [2.24, 2.45) is 11.8 Å². The maximum absolute atomic E-state index is 13.7. The predicted molar refractivity (Wildman–Crippen MR) is 76.2 cm³/mol. The lowest BCUT2D eigenvalue weighted by atomic mass is 10.0. The molecule has 2 rings (SSSR count). The fraction of sp³-hybridized carbons (Fsp3) is 0.500. The molecule has 1 aromatic rings. The first kappa shape index (κ1) is 16.4. The largest absolute Gasteiger partial charge is 0.480 e. The summed E-state index contributed by atoms with van der Waals surface area (Å²) in [5.74, 6) is -3.35. The van der Waals surface area contributed by atoms with Crippen molar-refractivity contribution in [1.29, 1.82) is 0 Å². The number of rotatable bonds is 6. The van der Waals surface area contributed by atoms with Crippen molar-refractivity contribution < 1.29 is 23.5 Å². The minimum absolute atomic E-state index is 0.122. The summed E-state index contributed by atoms with van der Waals surface area (Å²) < 4.78 is 26.8. The molecule has 0 spiro atoms. The number of carbonyl (C=O) groups excluding carboxylic acids is 1. The standard InChI is InChI=1S/C16H19F2NO3/c1-8(2)5-14(16(21)22)19-15(20)12-7-10(12)11-6-9(17)3-4-13(11)18/h3-4,6,8,10,12,14H,5,7H2,1-2H3,(H,19,20)(H,21,22)/t10?,12?,14-/m0/s1. The quantitative estimate of drug-likeness (QED) is 0.849. The van der Waals surface area contributed by atoms with Crippen LogP contribution >= 0.6 is 0 Å². The third-order valence-corrected chi connectivity index (χ3v) is 3.81. The first-order valence-corrected chi connectivity index (χ1v) is 7.27.